The fourth-order valence-corrected chi connectivity index (χ4v) is 3.18. The van der Waals surface area contributed by atoms with Crippen LogP contribution in [-0.4, -0.2) is 55.7 Å². The highest BCUT2D eigenvalue weighted by atomic mass is 32.2. The van der Waals surface area contributed by atoms with Crippen molar-refractivity contribution in [2.45, 2.75) is 37.1 Å². The summed E-state index contributed by atoms with van der Waals surface area (Å²) < 4.78 is 26.6. The van der Waals surface area contributed by atoms with Crippen LogP contribution in [0.3, 0.4) is 0 Å². The summed E-state index contributed by atoms with van der Waals surface area (Å²) in [5.41, 5.74) is 0.938. The number of carbonyl (C=O) groups is 3. The minimum absolute atomic E-state index is 0.0715. The predicted octanol–water partition coefficient (Wildman–Crippen LogP) is 0.281. The highest BCUT2D eigenvalue weighted by molar-refractivity contribution is 7.89. The summed E-state index contributed by atoms with van der Waals surface area (Å²) in [6, 6.07) is 4.27. The zero-order valence-corrected chi connectivity index (χ0v) is 15.6. The summed E-state index contributed by atoms with van der Waals surface area (Å²) in [6.45, 7) is 1.34. The lowest BCUT2D eigenvalue weighted by Crippen LogP contribution is -2.47. The Morgan fingerprint density at radius 1 is 1.07 bits per heavy atom. The van der Waals surface area contributed by atoms with E-state index >= 15 is 0 Å². The molecule has 0 bridgehead atoms. The van der Waals surface area contributed by atoms with Crippen molar-refractivity contribution in [3.8, 4) is 0 Å². The van der Waals surface area contributed by atoms with Crippen LogP contribution < -0.4 is 15.4 Å². The van der Waals surface area contributed by atoms with E-state index < -0.39 is 40.6 Å². The average molecular weight is 401 g/mol. The van der Waals surface area contributed by atoms with Gasteiger partial charge in [-0.1, -0.05) is 17.7 Å². The Kier molecular flexibility index (Phi) is 8.69. The number of benzene rings is 1. The van der Waals surface area contributed by atoms with Gasteiger partial charge in [0.15, 0.2) is 0 Å². The standard InChI is InChI=1S/C16H23N3O7S/c1-11-5-7-12(8-6-11)27(25,26)18-9-3-2-4-13(15(22)23)19-16(24)17-10-14(20)21/h5-8,13,18H,2-4,9-10H2,1H3,(H,20,21)(H,22,23)(H2,17,19,24)/t13-/m0/s1. The molecule has 0 unspecified atom stereocenters. The van der Waals surface area contributed by atoms with Gasteiger partial charge in [-0.2, -0.15) is 0 Å². The third-order valence-electron chi connectivity index (χ3n) is 3.55. The first-order valence-electron chi connectivity index (χ1n) is 8.17. The Morgan fingerprint density at radius 2 is 1.70 bits per heavy atom. The molecule has 0 fully saturated rings. The Morgan fingerprint density at radius 3 is 2.26 bits per heavy atom. The summed E-state index contributed by atoms with van der Waals surface area (Å²) in [4.78, 5) is 33.1. The van der Waals surface area contributed by atoms with Crippen LogP contribution in [0.2, 0.25) is 0 Å². The molecule has 0 heterocycles. The molecule has 0 aliphatic heterocycles. The van der Waals surface area contributed by atoms with Gasteiger partial charge in [0.1, 0.15) is 12.6 Å². The molecule has 0 spiro atoms. The minimum Gasteiger partial charge on any atom is -0.480 e. The molecule has 1 atom stereocenters. The Bertz CT molecular complexity index is 763. The van der Waals surface area contributed by atoms with Gasteiger partial charge < -0.3 is 20.8 Å². The lowest BCUT2D eigenvalue weighted by Gasteiger charge is -2.14. The number of rotatable bonds is 11. The van der Waals surface area contributed by atoms with Gasteiger partial charge in [-0.25, -0.2) is 22.7 Å². The van der Waals surface area contributed by atoms with Crippen molar-refractivity contribution < 1.29 is 33.0 Å². The van der Waals surface area contributed by atoms with Gasteiger partial charge in [0.25, 0.3) is 0 Å². The van der Waals surface area contributed by atoms with Crippen LogP contribution >= 0.6 is 0 Å². The topological polar surface area (TPSA) is 162 Å². The van der Waals surface area contributed by atoms with Gasteiger partial charge in [0.2, 0.25) is 10.0 Å². The van der Waals surface area contributed by atoms with Crippen molar-refractivity contribution in [1.29, 1.82) is 0 Å². The number of carboxylic acids is 2. The number of unbranched alkanes of at least 4 members (excludes halogenated alkanes) is 1. The van der Waals surface area contributed by atoms with Crippen molar-refractivity contribution in [2.75, 3.05) is 13.1 Å². The molecule has 0 aliphatic rings. The normalized spacial score (nSPS) is 12.2. The smallest absolute Gasteiger partial charge is 0.326 e. The van der Waals surface area contributed by atoms with Crippen LogP contribution in [0, 0.1) is 6.92 Å². The maximum Gasteiger partial charge on any atom is 0.326 e. The van der Waals surface area contributed by atoms with Gasteiger partial charge in [0, 0.05) is 6.54 Å². The van der Waals surface area contributed by atoms with Crippen molar-refractivity contribution in [1.82, 2.24) is 15.4 Å². The number of amides is 2. The zero-order chi connectivity index (χ0) is 20.4. The van der Waals surface area contributed by atoms with E-state index in [1.165, 1.54) is 12.1 Å². The third kappa shape index (κ3) is 8.51. The van der Waals surface area contributed by atoms with Crippen LogP contribution in [0.4, 0.5) is 4.79 Å². The molecule has 150 valence electrons. The summed E-state index contributed by atoms with van der Waals surface area (Å²) in [5.74, 6) is -2.52. The van der Waals surface area contributed by atoms with Crippen LogP contribution in [-0.2, 0) is 19.6 Å². The Balaban J connectivity index is 2.39. The quantitative estimate of drug-likeness (QED) is 0.333. The molecular weight excluding hydrogens is 378 g/mol. The molecule has 2 amide bonds. The fraction of sp³-hybridized carbons (Fsp3) is 0.438. The molecule has 27 heavy (non-hydrogen) atoms. The van der Waals surface area contributed by atoms with Crippen LogP contribution in [0.25, 0.3) is 0 Å². The first kappa shape index (κ1) is 22.4. The second kappa shape index (κ2) is 10.5. The van der Waals surface area contributed by atoms with Crippen molar-refractivity contribution in [2.24, 2.45) is 0 Å². The highest BCUT2D eigenvalue weighted by Gasteiger charge is 2.20. The molecule has 0 saturated heterocycles. The van der Waals surface area contributed by atoms with E-state index in [9.17, 15) is 22.8 Å². The van der Waals surface area contributed by atoms with Gasteiger partial charge >= 0.3 is 18.0 Å². The number of nitrogens with one attached hydrogen (secondary N) is 3. The molecule has 1 aromatic carbocycles. The Hall–Kier alpha value is -2.66. The average Bonchev–Trinajstić information content (AvgIpc) is 2.58. The molecule has 11 heteroatoms. The first-order chi connectivity index (χ1) is 12.6. The number of carboxylic acid groups (broad SMARTS) is 2. The second-order valence-corrected chi connectivity index (χ2v) is 7.59. The monoisotopic (exact) mass is 401 g/mol. The number of hydrogen-bond donors (Lipinski definition) is 5. The molecule has 0 radical (unpaired) electrons. The van der Waals surface area contributed by atoms with E-state index in [-0.39, 0.29) is 17.9 Å². The van der Waals surface area contributed by atoms with E-state index in [0.29, 0.717) is 12.8 Å². The lowest BCUT2D eigenvalue weighted by molar-refractivity contribution is -0.139. The third-order valence-corrected chi connectivity index (χ3v) is 5.02. The van der Waals surface area contributed by atoms with E-state index in [4.69, 9.17) is 10.2 Å². The summed E-state index contributed by atoms with van der Waals surface area (Å²) in [5, 5.41) is 21.7. The van der Waals surface area contributed by atoms with E-state index in [2.05, 4.69) is 10.0 Å². The summed E-state index contributed by atoms with van der Waals surface area (Å²) >= 11 is 0. The van der Waals surface area contributed by atoms with Gasteiger partial charge in [0.05, 0.1) is 4.90 Å². The van der Waals surface area contributed by atoms with Crippen molar-refractivity contribution >= 4 is 28.0 Å². The number of hydrogen-bond acceptors (Lipinski definition) is 5. The van der Waals surface area contributed by atoms with Gasteiger partial charge in [-0.05, 0) is 38.3 Å². The zero-order valence-electron chi connectivity index (χ0n) is 14.8. The number of aryl methyl sites for hydroxylation is 1. The van der Waals surface area contributed by atoms with Gasteiger partial charge in [-0.3, -0.25) is 4.79 Å². The predicted molar refractivity (Wildman–Crippen MR) is 95.8 cm³/mol. The lowest BCUT2D eigenvalue weighted by atomic mass is 10.1. The SMILES string of the molecule is Cc1ccc(S(=O)(=O)NCCCC[C@H](NC(=O)NCC(=O)O)C(=O)O)cc1. The molecule has 0 aromatic heterocycles. The van der Waals surface area contributed by atoms with Crippen LogP contribution in [0.15, 0.2) is 29.2 Å². The van der Waals surface area contributed by atoms with E-state index in [1.54, 1.807) is 12.1 Å². The van der Waals surface area contributed by atoms with Gasteiger partial charge in [-0.15, -0.1) is 0 Å². The van der Waals surface area contributed by atoms with E-state index in [1.807, 2.05) is 12.2 Å². The first-order valence-corrected chi connectivity index (χ1v) is 9.65. The maximum absolute atomic E-state index is 12.1. The summed E-state index contributed by atoms with van der Waals surface area (Å²) in [6.07, 6.45) is 0.780. The number of carbonyl (C=O) groups excluding carboxylic acids is 1. The molecule has 10 nitrogen and oxygen atoms in total. The number of aliphatic carboxylic acids is 2. The Labute approximate surface area is 157 Å². The van der Waals surface area contributed by atoms with Crippen molar-refractivity contribution in [3.63, 3.8) is 0 Å². The second-order valence-electron chi connectivity index (χ2n) is 5.82. The molecule has 5 N–H and O–H groups in total. The molecule has 1 aromatic rings. The highest BCUT2D eigenvalue weighted by Crippen LogP contribution is 2.10. The molecule has 0 saturated carbocycles. The molecule has 1 rings (SSSR count). The number of urea groups is 1. The largest absolute Gasteiger partial charge is 0.480 e. The number of sulfonamides is 1. The van der Waals surface area contributed by atoms with Crippen molar-refractivity contribution in [3.05, 3.63) is 29.8 Å². The van der Waals surface area contributed by atoms with Crippen LogP contribution in [0.5, 0.6) is 0 Å². The molecular formula is C16H23N3O7S. The summed E-state index contributed by atoms with van der Waals surface area (Å²) in [7, 11) is -3.63. The molecule has 0 aliphatic carbocycles. The minimum atomic E-state index is -3.63. The fourth-order valence-electron chi connectivity index (χ4n) is 2.10. The maximum atomic E-state index is 12.1. The van der Waals surface area contributed by atoms with Crippen LogP contribution in [0.1, 0.15) is 24.8 Å². The van der Waals surface area contributed by atoms with E-state index in [0.717, 1.165) is 5.56 Å².